The van der Waals surface area contributed by atoms with Crippen LogP contribution in [0.3, 0.4) is 0 Å². The molecule has 24 nitrogen and oxygen atoms in total. The minimum atomic E-state index is -1.30. The quantitative estimate of drug-likeness (QED) is 0.0268. The van der Waals surface area contributed by atoms with Crippen molar-refractivity contribution < 1.29 is 89.1 Å². The molecule has 3 aliphatic heterocycles. The Morgan fingerprint density at radius 3 is 1.61 bits per heavy atom. The maximum atomic E-state index is 13.6. The van der Waals surface area contributed by atoms with E-state index in [2.05, 4.69) is 61.0 Å². The smallest absolute Gasteiger partial charge is 0.313 e. The summed E-state index contributed by atoms with van der Waals surface area (Å²) in [6.07, 6.45) is 14.2. The van der Waals surface area contributed by atoms with Gasteiger partial charge in [-0.3, -0.25) is 19.3 Å². The molecule has 3 fully saturated rings. The van der Waals surface area contributed by atoms with Crippen molar-refractivity contribution in [1.82, 2.24) is 39.7 Å². The van der Waals surface area contributed by atoms with Gasteiger partial charge in [-0.05, 0) is 76.7 Å². The van der Waals surface area contributed by atoms with Gasteiger partial charge in [-0.2, -0.15) is 0 Å². The van der Waals surface area contributed by atoms with Crippen LogP contribution in [0.4, 0.5) is 13.2 Å². The predicted molar refractivity (Wildman–Crippen MR) is 341 cm³/mol. The lowest BCUT2D eigenvalue weighted by Crippen LogP contribution is -2.45. The van der Waals surface area contributed by atoms with Crippen molar-refractivity contribution in [2.24, 2.45) is 5.92 Å². The molecule has 0 radical (unpaired) electrons. The third-order valence-corrected chi connectivity index (χ3v) is 17.3. The van der Waals surface area contributed by atoms with Gasteiger partial charge in [0.1, 0.15) is 11.6 Å². The van der Waals surface area contributed by atoms with Gasteiger partial charge < -0.3 is 76.4 Å². The van der Waals surface area contributed by atoms with E-state index in [0.717, 1.165) is 94.5 Å². The van der Waals surface area contributed by atoms with Gasteiger partial charge in [0.15, 0.2) is 11.6 Å². The van der Waals surface area contributed by atoms with E-state index in [-0.39, 0.29) is 50.0 Å². The van der Waals surface area contributed by atoms with Gasteiger partial charge in [-0.25, -0.2) is 22.8 Å². The number of rotatable bonds is 52. The Morgan fingerprint density at radius 1 is 0.600 bits per heavy atom. The summed E-state index contributed by atoms with van der Waals surface area (Å²) in [5, 5.41) is 12.0. The number of amides is 2. The van der Waals surface area contributed by atoms with Crippen LogP contribution >= 0.6 is 0 Å². The third kappa shape index (κ3) is 27.0. The molecule has 27 heteroatoms. The molecule has 95 heavy (non-hydrogen) atoms. The van der Waals surface area contributed by atoms with Crippen molar-refractivity contribution in [2.45, 2.75) is 134 Å². The maximum Gasteiger partial charge on any atom is 0.313 e. The topological polar surface area (TPSA) is 238 Å². The molecule has 2 aromatic heterocycles. The second-order valence-electron chi connectivity index (χ2n) is 24.1. The fraction of sp³-hybridized carbons (Fsp3) is 0.706. The van der Waals surface area contributed by atoms with Crippen molar-refractivity contribution in [3.05, 3.63) is 94.6 Å². The van der Waals surface area contributed by atoms with E-state index in [9.17, 15) is 27.6 Å². The molecule has 1 aliphatic carbocycles. The molecule has 2 amide bonds. The number of hydrogen-bond donors (Lipinski definition) is 1. The number of fused-ring (bicyclic) bond motifs is 3. The van der Waals surface area contributed by atoms with Crippen LogP contribution in [0, 0.1) is 30.3 Å². The van der Waals surface area contributed by atoms with E-state index in [1.807, 2.05) is 17.2 Å². The number of esters is 1. The molecule has 3 atom stereocenters. The van der Waals surface area contributed by atoms with Crippen molar-refractivity contribution in [1.29, 1.82) is 0 Å². The molecule has 8 rings (SSSR count). The fourth-order valence-electron chi connectivity index (χ4n) is 12.2. The number of imidazole rings is 1. The first-order valence-corrected chi connectivity index (χ1v) is 34.2. The number of carbonyl (C=O) groups excluding carboxylic acids is 3. The average Bonchev–Trinajstić information content (AvgIpc) is 1.62. The predicted octanol–water partition coefficient (Wildman–Crippen LogP) is 6.91. The van der Waals surface area contributed by atoms with Crippen LogP contribution in [0.25, 0.3) is 0 Å². The molecule has 1 saturated carbocycles. The molecule has 2 unspecified atom stereocenters. The summed E-state index contributed by atoms with van der Waals surface area (Å²) < 4.78 is 115. The molecule has 2 saturated heterocycles. The number of nitrogens with one attached hydrogen (secondary N) is 1. The molecule has 1 N–H and O–H groups in total. The van der Waals surface area contributed by atoms with Crippen molar-refractivity contribution in [3.8, 4) is 5.75 Å². The number of nitrogens with zero attached hydrogens (tertiary/aromatic N) is 7. The Labute approximate surface area is 556 Å². The van der Waals surface area contributed by atoms with E-state index >= 15 is 0 Å². The van der Waals surface area contributed by atoms with E-state index in [0.29, 0.717) is 189 Å². The molecule has 0 spiro atoms. The van der Waals surface area contributed by atoms with Crippen LogP contribution in [0.5, 0.6) is 5.75 Å². The highest BCUT2D eigenvalue weighted by Gasteiger charge is 2.43. The molecule has 530 valence electrons. The van der Waals surface area contributed by atoms with E-state index in [1.165, 1.54) is 24.1 Å². The Balaban J connectivity index is 0.517. The minimum absolute atomic E-state index is 0.0367. The monoisotopic (exact) mass is 1340 g/mol. The summed E-state index contributed by atoms with van der Waals surface area (Å²) in [7, 11) is 0. The van der Waals surface area contributed by atoms with E-state index < -0.39 is 29.2 Å². The summed E-state index contributed by atoms with van der Waals surface area (Å²) in [6, 6.07) is 12.9. The standard InChI is InChI=1S/C68H101F3N8O16/c1-52-72-63-51-76(19-17-64(63)79(52)59-48-57-14-15-58(49-59)78(57)20-16-62(53-8-3-2-4-9-53)73-68(82)54-10-7-11-54)65(80)13-6-5-12-56-50-77(75-74-56)21-23-84-25-27-86-29-31-88-33-35-90-37-39-92-41-43-94-45-44-93-42-40-91-38-36-89-34-32-87-30-28-85-26-24-83-22-18-66(81)95-67-60(70)46-55(69)47-61(67)71/h2-4,8-9,46-47,50,54,57-59,62H,5-7,10-45,48-49,51H2,1H3,(H,73,82)/t57?,58?,59?,62-/m0/s1. The van der Waals surface area contributed by atoms with Gasteiger partial charge in [-0.1, -0.05) is 42.0 Å². The van der Waals surface area contributed by atoms with Crippen LogP contribution in [-0.2, 0) is 97.2 Å². The first-order chi connectivity index (χ1) is 46.6. The molecular weight excluding hydrogens is 1240 g/mol. The number of carbonyl (C=O) groups is 3. The van der Waals surface area contributed by atoms with Gasteiger partial charge in [-0.15, -0.1) is 5.10 Å². The zero-order chi connectivity index (χ0) is 66.5. The normalized spacial score (nSPS) is 17.5. The van der Waals surface area contributed by atoms with Crippen LogP contribution in [0.2, 0.25) is 0 Å². The van der Waals surface area contributed by atoms with Gasteiger partial charge in [0, 0.05) is 74.0 Å². The Morgan fingerprint density at radius 2 is 1.11 bits per heavy atom. The minimum Gasteiger partial charge on any atom is -0.420 e. The second kappa shape index (κ2) is 43.7. The average molecular weight is 1340 g/mol. The number of ether oxygens (including phenoxy) is 13. The zero-order valence-corrected chi connectivity index (χ0v) is 55.5. The van der Waals surface area contributed by atoms with Crippen LogP contribution in [0.15, 0.2) is 48.7 Å². The van der Waals surface area contributed by atoms with Gasteiger partial charge in [0.25, 0.3) is 0 Å². The molecular formula is C68H101F3N8O16. The molecule has 2 bridgehead atoms. The lowest BCUT2D eigenvalue weighted by molar-refractivity contribution is -0.136. The summed E-state index contributed by atoms with van der Waals surface area (Å²) >= 11 is 0. The number of unbranched alkanes of at least 4 members (excludes halogenated alkanes) is 1. The van der Waals surface area contributed by atoms with Gasteiger partial charge in [0.2, 0.25) is 17.6 Å². The van der Waals surface area contributed by atoms with Crippen molar-refractivity contribution in [3.63, 3.8) is 0 Å². The van der Waals surface area contributed by atoms with Crippen LogP contribution in [0.1, 0.15) is 118 Å². The lowest BCUT2D eigenvalue weighted by Gasteiger charge is -2.41. The highest BCUT2D eigenvalue weighted by Crippen LogP contribution is 2.43. The second-order valence-corrected chi connectivity index (χ2v) is 24.1. The van der Waals surface area contributed by atoms with Crippen molar-refractivity contribution >= 4 is 17.8 Å². The van der Waals surface area contributed by atoms with Crippen LogP contribution < -0.4 is 10.1 Å². The Kier molecular flexibility index (Phi) is 34.6. The summed E-state index contributed by atoms with van der Waals surface area (Å²) in [4.78, 5) is 48.1. The number of piperidine rings is 1. The maximum absolute atomic E-state index is 13.6. The van der Waals surface area contributed by atoms with Crippen LogP contribution in [-0.4, -0.2) is 236 Å². The number of aromatic nitrogens is 5. The first-order valence-electron chi connectivity index (χ1n) is 34.2. The molecule has 2 aromatic carbocycles. The highest BCUT2D eigenvalue weighted by atomic mass is 19.1. The number of hydrogen-bond acceptors (Lipinski definition) is 20. The number of halogens is 3. The number of aryl methyl sites for hydroxylation is 2. The highest BCUT2D eigenvalue weighted by molar-refractivity contribution is 5.80. The fourth-order valence-corrected chi connectivity index (χ4v) is 12.2. The largest absolute Gasteiger partial charge is 0.420 e. The summed E-state index contributed by atoms with van der Waals surface area (Å²) in [5.41, 5.74) is 4.49. The van der Waals surface area contributed by atoms with Crippen molar-refractivity contribution in [2.75, 3.05) is 172 Å². The molecule has 4 aromatic rings. The van der Waals surface area contributed by atoms with Gasteiger partial charge in [0.05, 0.1) is 196 Å². The third-order valence-electron chi connectivity index (χ3n) is 17.3. The van der Waals surface area contributed by atoms with E-state index in [4.69, 9.17) is 61.8 Å². The summed E-state index contributed by atoms with van der Waals surface area (Å²) in [5.74, 6) is -3.93. The van der Waals surface area contributed by atoms with E-state index in [1.54, 1.807) is 4.68 Å². The number of benzene rings is 2. The molecule has 5 heterocycles. The first kappa shape index (κ1) is 75.2. The molecule has 4 aliphatic rings. The Bertz CT molecular complexity index is 2780. The zero-order valence-electron chi connectivity index (χ0n) is 55.5. The Hall–Kier alpha value is -5.53. The lowest BCUT2D eigenvalue weighted by atomic mass is 9.84. The summed E-state index contributed by atoms with van der Waals surface area (Å²) in [6.45, 7) is 14.6. The van der Waals surface area contributed by atoms with Gasteiger partial charge >= 0.3 is 5.97 Å². The SMILES string of the molecule is Cc1nc2c(n1C1CC3CCC(C1)N3CC[C@H](NC(=O)C1CCC1)c1ccccc1)CCN(C(=O)CCCCc1cn(CCOCCOCCOCCOCCOCCOCCOCCOCCOCCOCCOCCOCCC(=O)Oc3c(F)cc(F)cc3F)nn1)C2.